The van der Waals surface area contributed by atoms with Gasteiger partial charge in [-0.25, -0.2) is 9.97 Å². The average molecular weight is 468 g/mol. The van der Waals surface area contributed by atoms with Crippen LogP contribution in [0.1, 0.15) is 17.8 Å². The first-order chi connectivity index (χ1) is 16.7. The Morgan fingerprint density at radius 3 is 2.76 bits per heavy atom. The van der Waals surface area contributed by atoms with E-state index in [0.717, 1.165) is 75.5 Å². The van der Waals surface area contributed by atoms with Crippen molar-refractivity contribution in [2.24, 2.45) is 0 Å². The van der Waals surface area contributed by atoms with Gasteiger partial charge in [0.25, 0.3) is 0 Å². The maximum Gasteiger partial charge on any atom is 0.233 e. The van der Waals surface area contributed by atoms with E-state index in [-0.39, 0.29) is 6.10 Å². The third-order valence-electron chi connectivity index (χ3n) is 6.22. The van der Waals surface area contributed by atoms with Crippen LogP contribution in [0, 0.1) is 6.92 Å². The smallest absolute Gasteiger partial charge is 0.233 e. The normalized spacial score (nSPS) is 16.1. The highest BCUT2D eigenvalue weighted by molar-refractivity contribution is 7.09. The molecule has 2 aromatic carbocycles. The largest absolute Gasteiger partial charge is 0.472 e. The zero-order valence-electron chi connectivity index (χ0n) is 18.9. The highest BCUT2D eigenvalue weighted by Gasteiger charge is 2.16. The van der Waals surface area contributed by atoms with E-state index in [1.54, 1.807) is 23.7 Å². The van der Waals surface area contributed by atoms with Gasteiger partial charge in [-0.2, -0.15) is 0 Å². The van der Waals surface area contributed by atoms with Crippen LogP contribution in [0.15, 0.2) is 66.4 Å². The lowest BCUT2D eigenvalue weighted by Crippen LogP contribution is -2.37. The van der Waals surface area contributed by atoms with E-state index in [0.29, 0.717) is 5.88 Å². The van der Waals surface area contributed by atoms with Crippen molar-refractivity contribution in [3.63, 3.8) is 0 Å². The van der Waals surface area contributed by atoms with Crippen LogP contribution in [0.5, 0.6) is 5.88 Å². The number of benzene rings is 2. The number of aryl methyl sites for hydroxylation is 1. The molecule has 6 rings (SSSR count). The molecule has 1 aliphatic rings. The van der Waals surface area contributed by atoms with Crippen molar-refractivity contribution in [3.8, 4) is 39.5 Å². The lowest BCUT2D eigenvalue weighted by Gasteiger charge is -2.23. The molecular formula is C27H25N5OS. The molecule has 0 radical (unpaired) electrons. The SMILES string of the molecule is Cc1nc(-c2cccc(-c3ccc4[nH]cc(-c5cncc(O[C@@H]6CCCNC6)n5)c4c3)c2)cs1. The number of aromatic amines is 1. The van der Waals surface area contributed by atoms with Gasteiger partial charge in [0.2, 0.25) is 5.88 Å². The third kappa shape index (κ3) is 4.20. The van der Waals surface area contributed by atoms with Gasteiger partial charge >= 0.3 is 0 Å². The maximum absolute atomic E-state index is 6.10. The van der Waals surface area contributed by atoms with Gasteiger partial charge in [-0.15, -0.1) is 11.3 Å². The van der Waals surface area contributed by atoms with Gasteiger partial charge < -0.3 is 15.0 Å². The molecule has 0 unspecified atom stereocenters. The lowest BCUT2D eigenvalue weighted by atomic mass is 9.99. The van der Waals surface area contributed by atoms with Crippen LogP contribution in [0.2, 0.25) is 0 Å². The van der Waals surface area contributed by atoms with E-state index < -0.39 is 0 Å². The summed E-state index contributed by atoms with van der Waals surface area (Å²) in [6.07, 6.45) is 7.79. The van der Waals surface area contributed by atoms with Crippen molar-refractivity contribution < 1.29 is 4.74 Å². The fraction of sp³-hybridized carbons (Fsp3) is 0.222. The number of hydrogen-bond acceptors (Lipinski definition) is 6. The highest BCUT2D eigenvalue weighted by atomic mass is 32.1. The molecule has 34 heavy (non-hydrogen) atoms. The summed E-state index contributed by atoms with van der Waals surface area (Å²) in [6.45, 7) is 3.94. The van der Waals surface area contributed by atoms with Gasteiger partial charge in [-0.05, 0) is 55.6 Å². The molecule has 0 spiro atoms. The van der Waals surface area contributed by atoms with Crippen LogP contribution >= 0.6 is 11.3 Å². The van der Waals surface area contributed by atoms with Crippen LogP contribution in [0.3, 0.4) is 0 Å². The number of aromatic nitrogens is 4. The van der Waals surface area contributed by atoms with E-state index in [9.17, 15) is 0 Å². The van der Waals surface area contributed by atoms with Crippen molar-refractivity contribution in [2.45, 2.75) is 25.9 Å². The van der Waals surface area contributed by atoms with E-state index in [1.165, 1.54) is 0 Å². The van der Waals surface area contributed by atoms with Crippen LogP contribution in [-0.2, 0) is 0 Å². The molecule has 0 aliphatic carbocycles. The summed E-state index contributed by atoms with van der Waals surface area (Å²) in [5.41, 5.74) is 7.34. The van der Waals surface area contributed by atoms with Gasteiger partial charge in [-0.3, -0.25) is 4.98 Å². The second kappa shape index (κ2) is 9.00. The molecule has 1 saturated heterocycles. The van der Waals surface area contributed by atoms with Crippen LogP contribution < -0.4 is 10.1 Å². The molecule has 1 fully saturated rings. The number of fused-ring (bicyclic) bond motifs is 1. The third-order valence-corrected chi connectivity index (χ3v) is 6.99. The molecule has 1 aliphatic heterocycles. The van der Waals surface area contributed by atoms with Crippen LogP contribution in [0.25, 0.3) is 44.5 Å². The molecule has 5 aromatic rings. The molecule has 2 N–H and O–H groups in total. The van der Waals surface area contributed by atoms with Crippen molar-refractivity contribution in [1.29, 1.82) is 0 Å². The van der Waals surface area contributed by atoms with Crippen molar-refractivity contribution in [1.82, 2.24) is 25.3 Å². The van der Waals surface area contributed by atoms with Crippen LogP contribution in [0.4, 0.5) is 0 Å². The Labute approximate surface area is 202 Å². The summed E-state index contributed by atoms with van der Waals surface area (Å²) in [7, 11) is 0. The van der Waals surface area contributed by atoms with Crippen LogP contribution in [-0.4, -0.2) is 39.1 Å². The Morgan fingerprint density at radius 1 is 1.00 bits per heavy atom. The number of hydrogen-bond donors (Lipinski definition) is 2. The second-order valence-corrected chi connectivity index (χ2v) is 9.69. The second-order valence-electron chi connectivity index (χ2n) is 8.62. The van der Waals surface area contributed by atoms with E-state index in [1.807, 2.05) is 13.1 Å². The predicted molar refractivity (Wildman–Crippen MR) is 137 cm³/mol. The van der Waals surface area contributed by atoms with Gasteiger partial charge in [0.05, 0.1) is 28.8 Å². The topological polar surface area (TPSA) is 75.7 Å². The van der Waals surface area contributed by atoms with Gasteiger partial charge in [0, 0.05) is 40.2 Å². The highest BCUT2D eigenvalue weighted by Crippen LogP contribution is 2.33. The fourth-order valence-corrected chi connectivity index (χ4v) is 5.11. The summed E-state index contributed by atoms with van der Waals surface area (Å²) in [5, 5.41) is 7.67. The summed E-state index contributed by atoms with van der Waals surface area (Å²) < 4.78 is 6.10. The minimum absolute atomic E-state index is 0.140. The van der Waals surface area contributed by atoms with E-state index in [2.05, 4.69) is 68.1 Å². The first-order valence-corrected chi connectivity index (χ1v) is 12.4. The Morgan fingerprint density at radius 2 is 1.91 bits per heavy atom. The van der Waals surface area contributed by atoms with E-state index >= 15 is 0 Å². The number of H-pyrrole nitrogens is 1. The molecule has 0 saturated carbocycles. The first-order valence-electron chi connectivity index (χ1n) is 11.6. The minimum atomic E-state index is 0.140. The Balaban J connectivity index is 1.34. The first kappa shape index (κ1) is 21.0. The van der Waals surface area contributed by atoms with E-state index in [4.69, 9.17) is 9.72 Å². The quantitative estimate of drug-likeness (QED) is 0.339. The number of ether oxygens (including phenoxy) is 1. The Bertz CT molecular complexity index is 1450. The molecule has 0 bridgehead atoms. The molecule has 1 atom stereocenters. The molecular weight excluding hydrogens is 442 g/mol. The standard InChI is InChI=1S/C27H25N5OS/c1-17-31-26(16-34-17)20-5-2-4-18(10-20)19-7-8-24-22(11-19)23(13-30-24)25-14-29-15-27(32-25)33-21-6-3-9-28-12-21/h2,4-5,7-8,10-11,13-16,21,28,30H,3,6,9,12H2,1H3/t21-/m1/s1. The molecule has 3 aromatic heterocycles. The zero-order chi connectivity index (χ0) is 22.9. The molecule has 4 heterocycles. The summed E-state index contributed by atoms with van der Waals surface area (Å²) >= 11 is 1.67. The summed E-state index contributed by atoms with van der Waals surface area (Å²) in [5.74, 6) is 0.572. The van der Waals surface area contributed by atoms with Gasteiger partial charge in [0.1, 0.15) is 6.10 Å². The number of rotatable bonds is 5. The molecule has 7 heteroatoms. The van der Waals surface area contributed by atoms with Crippen molar-refractivity contribution in [2.75, 3.05) is 13.1 Å². The Hall–Kier alpha value is -3.55. The van der Waals surface area contributed by atoms with Crippen molar-refractivity contribution >= 4 is 22.2 Å². The summed E-state index contributed by atoms with van der Waals surface area (Å²) in [6, 6.07) is 15.0. The fourth-order valence-electron chi connectivity index (χ4n) is 4.49. The summed E-state index contributed by atoms with van der Waals surface area (Å²) in [4.78, 5) is 17.2. The van der Waals surface area contributed by atoms with Gasteiger partial charge in [0.15, 0.2) is 0 Å². The number of nitrogens with zero attached hydrogens (tertiary/aromatic N) is 3. The number of piperidine rings is 1. The predicted octanol–water partition coefficient (Wildman–Crippen LogP) is 5.85. The number of thiazole rings is 1. The lowest BCUT2D eigenvalue weighted by molar-refractivity contribution is 0.160. The van der Waals surface area contributed by atoms with Gasteiger partial charge in [-0.1, -0.05) is 24.3 Å². The zero-order valence-corrected chi connectivity index (χ0v) is 19.7. The monoisotopic (exact) mass is 467 g/mol. The van der Waals surface area contributed by atoms with Crippen molar-refractivity contribution in [3.05, 3.63) is 71.4 Å². The Kier molecular flexibility index (Phi) is 5.57. The molecule has 6 nitrogen and oxygen atoms in total. The molecule has 170 valence electrons. The maximum atomic E-state index is 6.10. The minimum Gasteiger partial charge on any atom is -0.472 e. The average Bonchev–Trinajstić information content (AvgIpc) is 3.51. The number of nitrogens with one attached hydrogen (secondary N) is 2. The molecule has 0 amide bonds.